The van der Waals surface area contributed by atoms with Crippen LogP contribution >= 0.6 is 45.9 Å². The number of fused-ring (bicyclic) bond motifs is 1. The van der Waals surface area contributed by atoms with Crippen LogP contribution in [-0.2, 0) is 21.4 Å². The summed E-state index contributed by atoms with van der Waals surface area (Å²) in [6.07, 6.45) is 7.35. The summed E-state index contributed by atoms with van der Waals surface area (Å²) in [4.78, 5) is 17.9. The number of amides is 1. The number of carbonyl (C=O) groups excluding carboxylic acids is 1. The molecule has 1 saturated heterocycles. The topological polar surface area (TPSA) is 71.7 Å². The first-order valence-corrected chi connectivity index (χ1v) is 13.2. The van der Waals surface area contributed by atoms with E-state index in [0.717, 1.165) is 28.0 Å². The van der Waals surface area contributed by atoms with Gasteiger partial charge in [-0.2, -0.15) is 9.30 Å². The predicted octanol–water partition coefficient (Wildman–Crippen LogP) is 4.38. The number of thiazole rings is 1. The lowest BCUT2D eigenvalue weighted by Crippen LogP contribution is -2.47. The number of benzene rings is 1. The Kier molecular flexibility index (Phi) is 6.58. The van der Waals surface area contributed by atoms with E-state index in [9.17, 15) is 13.2 Å². The third-order valence-electron chi connectivity index (χ3n) is 4.95. The van der Waals surface area contributed by atoms with Crippen LogP contribution in [0.2, 0.25) is 9.36 Å². The Bertz CT molecular complexity index is 1370. The highest BCUT2D eigenvalue weighted by atomic mass is 35.5. The van der Waals surface area contributed by atoms with Gasteiger partial charge in [0.05, 0.1) is 21.1 Å². The van der Waals surface area contributed by atoms with Gasteiger partial charge in [0, 0.05) is 11.6 Å². The van der Waals surface area contributed by atoms with Gasteiger partial charge in [0.1, 0.15) is 10.3 Å². The Morgan fingerprint density at radius 2 is 2.03 bits per heavy atom. The second kappa shape index (κ2) is 9.06. The lowest BCUT2D eigenvalue weighted by Gasteiger charge is -2.31. The largest absolute Gasteiger partial charge is 0.305 e. The average molecular weight is 514 g/mol. The minimum absolute atomic E-state index is 0.121. The Morgan fingerprint density at radius 1 is 1.23 bits per heavy atom. The van der Waals surface area contributed by atoms with E-state index in [-0.39, 0.29) is 17.3 Å². The molecule has 0 spiro atoms. The number of rotatable bonds is 4. The van der Waals surface area contributed by atoms with E-state index in [1.165, 1.54) is 27.8 Å². The minimum atomic E-state index is -3.84. The van der Waals surface area contributed by atoms with Crippen LogP contribution in [0.1, 0.15) is 19.3 Å². The van der Waals surface area contributed by atoms with Crippen LogP contribution in [0.25, 0.3) is 10.2 Å². The summed E-state index contributed by atoms with van der Waals surface area (Å²) in [6.45, 7) is 0.490. The Morgan fingerprint density at radius 3 is 2.74 bits per heavy atom. The van der Waals surface area contributed by atoms with Crippen LogP contribution in [0, 0.1) is 12.3 Å². The van der Waals surface area contributed by atoms with Crippen molar-refractivity contribution in [3.8, 4) is 12.3 Å². The molecule has 2 aromatic heterocycles. The molecule has 1 aromatic carbocycles. The number of nitrogens with zero attached hydrogens (tertiary/aromatic N) is 3. The van der Waals surface area contributed by atoms with E-state index in [4.69, 9.17) is 29.6 Å². The van der Waals surface area contributed by atoms with Crippen molar-refractivity contribution in [3.63, 3.8) is 0 Å². The second-order valence-corrected chi connectivity index (χ2v) is 12.2. The molecule has 31 heavy (non-hydrogen) atoms. The Hall–Kier alpha value is -1.67. The molecule has 0 bridgehead atoms. The zero-order valence-electron chi connectivity index (χ0n) is 16.1. The summed E-state index contributed by atoms with van der Waals surface area (Å²) in [5, 5.41) is 0.568. The van der Waals surface area contributed by atoms with Crippen molar-refractivity contribution in [2.75, 3.05) is 6.54 Å². The van der Waals surface area contributed by atoms with Gasteiger partial charge in [-0.25, -0.2) is 8.42 Å². The number of piperidine rings is 1. The van der Waals surface area contributed by atoms with Crippen LogP contribution in [0.15, 0.2) is 39.5 Å². The number of sulfonamides is 1. The highest BCUT2D eigenvalue weighted by Gasteiger charge is 2.38. The lowest BCUT2D eigenvalue weighted by molar-refractivity contribution is -0.122. The van der Waals surface area contributed by atoms with Gasteiger partial charge in [0.15, 0.2) is 4.80 Å². The molecule has 1 fully saturated rings. The SMILES string of the molecule is C#CCn1c(=NC(=O)C2CCCCN2S(=O)(=O)c2ccc(Cl)s2)sc2cc(Cl)ccc21. The maximum atomic E-state index is 13.2. The summed E-state index contributed by atoms with van der Waals surface area (Å²) in [6, 6.07) is 7.49. The molecule has 0 saturated carbocycles. The molecule has 162 valence electrons. The summed E-state index contributed by atoms with van der Waals surface area (Å²) < 4.78 is 30.7. The fourth-order valence-electron chi connectivity index (χ4n) is 3.54. The van der Waals surface area contributed by atoms with Crippen molar-refractivity contribution in [3.05, 3.63) is 44.5 Å². The van der Waals surface area contributed by atoms with Crippen molar-refractivity contribution in [1.82, 2.24) is 8.87 Å². The molecule has 1 aliphatic heterocycles. The van der Waals surface area contributed by atoms with Crippen LogP contribution < -0.4 is 4.80 Å². The number of hydrogen-bond donors (Lipinski definition) is 0. The maximum Gasteiger partial charge on any atom is 0.266 e. The van der Waals surface area contributed by atoms with Gasteiger partial charge in [-0.1, -0.05) is 46.9 Å². The highest BCUT2D eigenvalue weighted by Crippen LogP contribution is 2.32. The number of terminal acetylenes is 1. The molecule has 1 unspecified atom stereocenters. The molecule has 1 amide bonds. The number of aromatic nitrogens is 1. The molecule has 0 radical (unpaired) electrons. The molecular formula is C20H17Cl2N3O3S3. The summed E-state index contributed by atoms with van der Waals surface area (Å²) in [5.41, 5.74) is 0.820. The second-order valence-electron chi connectivity index (χ2n) is 6.92. The van der Waals surface area contributed by atoms with Gasteiger partial charge >= 0.3 is 0 Å². The summed E-state index contributed by atoms with van der Waals surface area (Å²) >= 11 is 14.3. The van der Waals surface area contributed by atoms with E-state index in [2.05, 4.69) is 10.9 Å². The first-order valence-electron chi connectivity index (χ1n) is 9.39. The van der Waals surface area contributed by atoms with Crippen molar-refractivity contribution in [2.24, 2.45) is 4.99 Å². The van der Waals surface area contributed by atoms with Gasteiger partial charge in [-0.15, -0.1) is 17.8 Å². The molecule has 3 heterocycles. The van der Waals surface area contributed by atoms with Crippen molar-refractivity contribution in [1.29, 1.82) is 0 Å². The molecule has 1 atom stereocenters. The predicted molar refractivity (Wildman–Crippen MR) is 125 cm³/mol. The molecule has 3 aromatic rings. The Balaban J connectivity index is 1.75. The first kappa shape index (κ1) is 22.5. The quantitative estimate of drug-likeness (QED) is 0.486. The maximum absolute atomic E-state index is 13.2. The van der Waals surface area contributed by atoms with Crippen molar-refractivity contribution < 1.29 is 13.2 Å². The van der Waals surface area contributed by atoms with E-state index in [1.54, 1.807) is 16.7 Å². The van der Waals surface area contributed by atoms with Crippen LogP contribution in [0.5, 0.6) is 0 Å². The highest BCUT2D eigenvalue weighted by molar-refractivity contribution is 7.91. The van der Waals surface area contributed by atoms with Gasteiger partial charge < -0.3 is 4.57 Å². The summed E-state index contributed by atoms with van der Waals surface area (Å²) in [7, 11) is -3.84. The van der Waals surface area contributed by atoms with E-state index in [1.807, 2.05) is 6.07 Å². The van der Waals surface area contributed by atoms with Crippen LogP contribution in [-0.4, -0.2) is 35.8 Å². The van der Waals surface area contributed by atoms with Crippen molar-refractivity contribution >= 4 is 72.0 Å². The zero-order chi connectivity index (χ0) is 22.2. The molecular weight excluding hydrogens is 497 g/mol. The fraction of sp³-hybridized carbons (Fsp3) is 0.300. The first-order chi connectivity index (χ1) is 14.8. The zero-order valence-corrected chi connectivity index (χ0v) is 20.1. The smallest absolute Gasteiger partial charge is 0.266 e. The van der Waals surface area contributed by atoms with E-state index < -0.39 is 22.0 Å². The standard InChI is InChI=1S/C20H17Cl2N3O3S3/c1-2-10-24-14-7-6-13(21)12-16(14)29-20(24)23-19(26)15-5-3-4-11-25(15)31(27,28)18-9-8-17(22)30-18/h1,6-9,12,15H,3-5,10-11H2. The average Bonchev–Trinajstić information content (AvgIpc) is 3.32. The van der Waals surface area contributed by atoms with Gasteiger partial charge in [0.2, 0.25) is 0 Å². The van der Waals surface area contributed by atoms with Crippen LogP contribution in [0.4, 0.5) is 0 Å². The van der Waals surface area contributed by atoms with E-state index >= 15 is 0 Å². The van der Waals surface area contributed by atoms with Crippen molar-refractivity contribution in [2.45, 2.75) is 36.1 Å². The third-order valence-corrected chi connectivity index (χ3v) is 9.83. The molecule has 0 N–H and O–H groups in total. The third kappa shape index (κ3) is 4.46. The molecule has 1 aliphatic rings. The molecule has 0 aliphatic carbocycles. The number of hydrogen-bond acceptors (Lipinski definition) is 5. The number of halogens is 2. The van der Waals surface area contributed by atoms with Gasteiger partial charge in [-0.05, 0) is 43.2 Å². The van der Waals surface area contributed by atoms with Gasteiger partial charge in [-0.3, -0.25) is 4.79 Å². The van der Waals surface area contributed by atoms with Crippen LogP contribution in [0.3, 0.4) is 0 Å². The van der Waals surface area contributed by atoms with E-state index in [0.29, 0.717) is 27.0 Å². The minimum Gasteiger partial charge on any atom is -0.305 e. The molecule has 6 nitrogen and oxygen atoms in total. The molecule has 11 heteroatoms. The Labute approximate surface area is 197 Å². The monoisotopic (exact) mass is 513 g/mol. The lowest BCUT2D eigenvalue weighted by atomic mass is 10.0. The molecule has 4 rings (SSSR count). The van der Waals surface area contributed by atoms with Gasteiger partial charge in [0.25, 0.3) is 15.9 Å². The normalized spacial score (nSPS) is 18.4. The summed E-state index contributed by atoms with van der Waals surface area (Å²) in [5.74, 6) is 2.07. The fourth-order valence-corrected chi connectivity index (χ4v) is 8.11. The number of carbonyl (C=O) groups is 1. The number of thiophene rings is 1.